The summed E-state index contributed by atoms with van der Waals surface area (Å²) in [4.78, 5) is 0. The van der Waals surface area contributed by atoms with E-state index in [4.69, 9.17) is 4.74 Å². The summed E-state index contributed by atoms with van der Waals surface area (Å²) >= 11 is 0. The van der Waals surface area contributed by atoms with Gasteiger partial charge in [-0.05, 0) is 41.6 Å². The van der Waals surface area contributed by atoms with Crippen molar-refractivity contribution in [1.82, 2.24) is 5.32 Å². The molecule has 1 N–H and O–H groups in total. The number of hydrogen-bond acceptors (Lipinski definition) is 2. The summed E-state index contributed by atoms with van der Waals surface area (Å²) in [5.41, 5.74) is 0.112. The summed E-state index contributed by atoms with van der Waals surface area (Å²) in [6.45, 7) is 0. The van der Waals surface area contributed by atoms with Crippen molar-refractivity contribution >= 4 is 10.8 Å². The molecule has 0 aliphatic heterocycles. The van der Waals surface area contributed by atoms with E-state index in [2.05, 4.69) is 5.32 Å². The van der Waals surface area contributed by atoms with Gasteiger partial charge in [0.2, 0.25) is 0 Å². The van der Waals surface area contributed by atoms with Gasteiger partial charge in [-0.3, -0.25) is 0 Å². The van der Waals surface area contributed by atoms with Crippen LogP contribution in [0.25, 0.3) is 10.8 Å². The van der Waals surface area contributed by atoms with E-state index in [-0.39, 0.29) is 5.56 Å². The highest BCUT2D eigenvalue weighted by atomic mass is 19.3. The second-order valence-electron chi connectivity index (χ2n) is 4.67. The summed E-state index contributed by atoms with van der Waals surface area (Å²) in [5.74, 6) is -3.51. The Morgan fingerprint density at radius 1 is 1.05 bits per heavy atom. The van der Waals surface area contributed by atoms with Crippen molar-refractivity contribution < 1.29 is 22.3 Å². The van der Waals surface area contributed by atoms with Crippen molar-refractivity contribution in [2.24, 2.45) is 0 Å². The van der Waals surface area contributed by atoms with Crippen molar-refractivity contribution in [3.05, 3.63) is 42.0 Å². The van der Waals surface area contributed by atoms with Gasteiger partial charge in [0.1, 0.15) is 11.8 Å². The summed E-state index contributed by atoms with van der Waals surface area (Å²) in [7, 11) is 2.76. The summed E-state index contributed by atoms with van der Waals surface area (Å²) < 4.78 is 57.3. The summed E-state index contributed by atoms with van der Waals surface area (Å²) in [5, 5.41) is 3.74. The van der Waals surface area contributed by atoms with Crippen LogP contribution in [0.15, 0.2) is 36.4 Å². The first-order chi connectivity index (χ1) is 9.90. The van der Waals surface area contributed by atoms with Crippen LogP contribution in [0.1, 0.15) is 11.6 Å². The van der Waals surface area contributed by atoms with Crippen LogP contribution in [0, 0.1) is 0 Å². The molecule has 0 aromatic heterocycles. The molecule has 6 heteroatoms. The Labute approximate surface area is 119 Å². The van der Waals surface area contributed by atoms with Gasteiger partial charge in [0.05, 0.1) is 7.11 Å². The maximum absolute atomic E-state index is 13.6. The largest absolute Gasteiger partial charge is 0.497 e. The molecular formula is C15H15F4NO. The average molecular weight is 301 g/mol. The van der Waals surface area contributed by atoms with Gasteiger partial charge in [-0.25, -0.2) is 8.78 Å². The molecule has 114 valence electrons. The third-order valence-electron chi connectivity index (χ3n) is 3.37. The first-order valence-electron chi connectivity index (χ1n) is 6.31. The third kappa shape index (κ3) is 2.95. The highest BCUT2D eigenvalue weighted by Crippen LogP contribution is 2.37. The Balaban J connectivity index is 2.46. The molecule has 0 radical (unpaired) electrons. The Morgan fingerprint density at radius 3 is 2.24 bits per heavy atom. The van der Waals surface area contributed by atoms with Gasteiger partial charge in [-0.15, -0.1) is 0 Å². The fourth-order valence-electron chi connectivity index (χ4n) is 2.26. The van der Waals surface area contributed by atoms with E-state index in [0.717, 1.165) is 5.39 Å². The monoisotopic (exact) mass is 301 g/mol. The van der Waals surface area contributed by atoms with Crippen LogP contribution in [0.4, 0.5) is 17.6 Å². The van der Waals surface area contributed by atoms with Crippen LogP contribution in [0.2, 0.25) is 0 Å². The second kappa shape index (κ2) is 5.89. The van der Waals surface area contributed by atoms with Crippen molar-refractivity contribution in [2.75, 3.05) is 14.2 Å². The first kappa shape index (κ1) is 15.6. The third-order valence-corrected chi connectivity index (χ3v) is 3.37. The zero-order chi connectivity index (χ0) is 15.6. The number of alkyl halides is 4. The lowest BCUT2D eigenvalue weighted by Crippen LogP contribution is -2.41. The zero-order valence-electron chi connectivity index (χ0n) is 11.5. The van der Waals surface area contributed by atoms with Crippen molar-refractivity contribution in [3.63, 3.8) is 0 Å². The van der Waals surface area contributed by atoms with Gasteiger partial charge in [-0.1, -0.05) is 18.2 Å². The molecule has 0 aliphatic rings. The maximum atomic E-state index is 13.6. The highest BCUT2D eigenvalue weighted by molar-refractivity contribution is 5.84. The van der Waals surface area contributed by atoms with Gasteiger partial charge in [0.15, 0.2) is 0 Å². The summed E-state index contributed by atoms with van der Waals surface area (Å²) in [6.07, 6.45) is -3.73. The maximum Gasteiger partial charge on any atom is 0.326 e. The summed E-state index contributed by atoms with van der Waals surface area (Å²) in [6, 6.07) is 7.89. The minimum atomic E-state index is -4.14. The molecule has 1 unspecified atom stereocenters. The van der Waals surface area contributed by atoms with Crippen LogP contribution in [0.3, 0.4) is 0 Å². The number of fused-ring (bicyclic) bond motifs is 1. The molecule has 0 fully saturated rings. The van der Waals surface area contributed by atoms with Gasteiger partial charge in [0.25, 0.3) is 0 Å². The number of nitrogens with one attached hydrogen (secondary N) is 1. The quantitative estimate of drug-likeness (QED) is 0.843. The Bertz CT molecular complexity index is 630. The van der Waals surface area contributed by atoms with E-state index in [0.29, 0.717) is 11.1 Å². The van der Waals surface area contributed by atoms with Crippen LogP contribution in [0.5, 0.6) is 5.75 Å². The number of hydrogen-bond donors (Lipinski definition) is 1. The van der Waals surface area contributed by atoms with E-state index in [1.807, 2.05) is 0 Å². The highest BCUT2D eigenvalue weighted by Gasteiger charge is 2.48. The van der Waals surface area contributed by atoms with Gasteiger partial charge in [-0.2, -0.15) is 8.78 Å². The SMILES string of the molecule is CNC(c1ccc2cc(OC)ccc2c1)C(F)(F)C(F)F. The minimum Gasteiger partial charge on any atom is -0.497 e. The molecule has 2 rings (SSSR count). The van der Waals surface area contributed by atoms with Crippen LogP contribution in [-0.2, 0) is 0 Å². The number of benzene rings is 2. The molecule has 0 amide bonds. The van der Waals surface area contributed by atoms with Crippen molar-refractivity contribution in [2.45, 2.75) is 18.4 Å². The Kier molecular flexibility index (Phi) is 4.37. The van der Waals surface area contributed by atoms with Gasteiger partial charge >= 0.3 is 12.3 Å². The topological polar surface area (TPSA) is 21.3 Å². The van der Waals surface area contributed by atoms with E-state index in [1.165, 1.54) is 26.3 Å². The van der Waals surface area contributed by atoms with Gasteiger partial charge in [0, 0.05) is 0 Å². The fraction of sp³-hybridized carbons (Fsp3) is 0.333. The van der Waals surface area contributed by atoms with E-state index < -0.39 is 18.4 Å². The number of rotatable bonds is 5. The predicted octanol–water partition coefficient (Wildman–Crippen LogP) is 4.01. The lowest BCUT2D eigenvalue weighted by molar-refractivity contribution is -0.150. The fourth-order valence-corrected chi connectivity index (χ4v) is 2.26. The van der Waals surface area contributed by atoms with Crippen LogP contribution < -0.4 is 10.1 Å². The zero-order valence-corrected chi connectivity index (χ0v) is 11.5. The predicted molar refractivity (Wildman–Crippen MR) is 73.3 cm³/mol. The molecule has 2 nitrogen and oxygen atoms in total. The molecule has 2 aromatic rings. The van der Waals surface area contributed by atoms with E-state index >= 15 is 0 Å². The van der Waals surface area contributed by atoms with E-state index in [1.54, 1.807) is 24.3 Å². The van der Waals surface area contributed by atoms with Crippen LogP contribution in [-0.4, -0.2) is 26.5 Å². The average Bonchev–Trinajstić information content (AvgIpc) is 2.47. The molecule has 2 aromatic carbocycles. The second-order valence-corrected chi connectivity index (χ2v) is 4.67. The molecule has 0 bridgehead atoms. The molecular weight excluding hydrogens is 286 g/mol. The molecule has 0 aliphatic carbocycles. The molecule has 1 atom stereocenters. The molecule has 0 spiro atoms. The Hall–Kier alpha value is -1.82. The van der Waals surface area contributed by atoms with E-state index in [9.17, 15) is 17.6 Å². The molecule has 21 heavy (non-hydrogen) atoms. The first-order valence-corrected chi connectivity index (χ1v) is 6.31. The smallest absolute Gasteiger partial charge is 0.326 e. The molecule has 0 heterocycles. The molecule has 0 saturated carbocycles. The minimum absolute atomic E-state index is 0.112. The number of ether oxygens (including phenoxy) is 1. The Morgan fingerprint density at radius 2 is 1.67 bits per heavy atom. The van der Waals surface area contributed by atoms with Crippen LogP contribution >= 0.6 is 0 Å². The standard InChI is InChI=1S/C15H15F4NO/c1-20-13(15(18,19)14(16)17)11-4-3-10-8-12(21-2)6-5-9(10)7-11/h3-8,13-14,20H,1-2H3. The lowest BCUT2D eigenvalue weighted by atomic mass is 9.97. The van der Waals surface area contributed by atoms with Crippen molar-refractivity contribution in [3.8, 4) is 5.75 Å². The number of methoxy groups -OCH3 is 1. The van der Waals surface area contributed by atoms with Gasteiger partial charge < -0.3 is 10.1 Å². The van der Waals surface area contributed by atoms with Crippen molar-refractivity contribution in [1.29, 1.82) is 0 Å². The number of halogens is 4. The normalized spacial score (nSPS) is 13.7. The molecule has 0 saturated heterocycles. The lowest BCUT2D eigenvalue weighted by Gasteiger charge is -2.26.